The van der Waals surface area contributed by atoms with Crippen LogP contribution in [0, 0.1) is 0 Å². The number of para-hydroxylation sites is 2. The smallest absolute Gasteiger partial charge is 0.136 e. The minimum absolute atomic E-state index is 0.495. The van der Waals surface area contributed by atoms with E-state index in [1.54, 1.807) is 6.20 Å². The predicted molar refractivity (Wildman–Crippen MR) is 79.9 cm³/mol. The van der Waals surface area contributed by atoms with Gasteiger partial charge in [-0.15, -0.1) is 0 Å². The maximum absolute atomic E-state index is 6.11. The molecule has 0 unspecified atom stereocenters. The van der Waals surface area contributed by atoms with Crippen molar-refractivity contribution in [1.82, 2.24) is 19.5 Å². The van der Waals surface area contributed by atoms with Gasteiger partial charge in [-0.05, 0) is 18.6 Å². The van der Waals surface area contributed by atoms with Crippen molar-refractivity contribution in [3.63, 3.8) is 0 Å². The SMILES string of the molecule is CCCn1c(Cc2cncnc2Cl)nc2ccccc21. The van der Waals surface area contributed by atoms with Crippen LogP contribution in [-0.2, 0) is 13.0 Å². The topological polar surface area (TPSA) is 43.6 Å². The molecule has 0 aliphatic heterocycles. The summed E-state index contributed by atoms with van der Waals surface area (Å²) in [6.45, 7) is 3.11. The Kier molecular flexibility index (Phi) is 3.65. The third-order valence-corrected chi connectivity index (χ3v) is 3.60. The molecule has 0 atom stereocenters. The highest BCUT2D eigenvalue weighted by molar-refractivity contribution is 6.30. The van der Waals surface area contributed by atoms with Crippen molar-refractivity contribution in [2.75, 3.05) is 0 Å². The molecule has 102 valence electrons. The zero-order chi connectivity index (χ0) is 13.9. The quantitative estimate of drug-likeness (QED) is 0.690. The molecule has 3 rings (SSSR count). The first-order valence-corrected chi connectivity index (χ1v) is 7.06. The summed E-state index contributed by atoms with van der Waals surface area (Å²) in [4.78, 5) is 12.8. The van der Waals surface area contributed by atoms with Gasteiger partial charge in [-0.25, -0.2) is 15.0 Å². The van der Waals surface area contributed by atoms with E-state index in [2.05, 4.69) is 27.5 Å². The van der Waals surface area contributed by atoms with E-state index < -0.39 is 0 Å². The molecule has 0 amide bonds. The number of aromatic nitrogens is 4. The normalized spacial score (nSPS) is 11.1. The van der Waals surface area contributed by atoms with Gasteiger partial charge in [-0.2, -0.15) is 0 Å². The summed E-state index contributed by atoms with van der Waals surface area (Å²) in [5.41, 5.74) is 3.09. The van der Waals surface area contributed by atoms with Crippen molar-refractivity contribution < 1.29 is 0 Å². The van der Waals surface area contributed by atoms with E-state index in [0.717, 1.165) is 35.4 Å². The largest absolute Gasteiger partial charge is 0.328 e. The summed E-state index contributed by atoms with van der Waals surface area (Å²) < 4.78 is 2.25. The van der Waals surface area contributed by atoms with E-state index in [0.29, 0.717) is 11.6 Å². The number of rotatable bonds is 4. The summed E-state index contributed by atoms with van der Waals surface area (Å²) in [5.74, 6) is 1.00. The molecule has 20 heavy (non-hydrogen) atoms. The van der Waals surface area contributed by atoms with E-state index in [9.17, 15) is 0 Å². The average Bonchev–Trinajstić information content (AvgIpc) is 2.80. The number of halogens is 1. The Morgan fingerprint density at radius 1 is 1.25 bits per heavy atom. The zero-order valence-corrected chi connectivity index (χ0v) is 12.0. The molecule has 0 fully saturated rings. The van der Waals surface area contributed by atoms with Gasteiger partial charge in [0, 0.05) is 24.7 Å². The molecular weight excluding hydrogens is 272 g/mol. The van der Waals surface area contributed by atoms with Crippen LogP contribution >= 0.6 is 11.6 Å². The molecule has 5 heteroatoms. The first kappa shape index (κ1) is 13.1. The summed E-state index contributed by atoms with van der Waals surface area (Å²) in [6, 6.07) is 8.19. The van der Waals surface area contributed by atoms with Crippen LogP contribution in [-0.4, -0.2) is 19.5 Å². The molecule has 0 spiro atoms. The highest BCUT2D eigenvalue weighted by Crippen LogP contribution is 2.21. The standard InChI is InChI=1S/C15H15ClN4/c1-2-7-20-13-6-4-3-5-12(13)19-14(20)8-11-9-17-10-18-15(11)16/h3-6,9-10H,2,7-8H2,1H3. The first-order chi connectivity index (χ1) is 9.79. The second-order valence-corrected chi connectivity index (χ2v) is 5.04. The van der Waals surface area contributed by atoms with Gasteiger partial charge in [0.2, 0.25) is 0 Å². The Labute approximate surface area is 122 Å². The van der Waals surface area contributed by atoms with E-state index in [1.165, 1.54) is 6.33 Å². The molecule has 0 N–H and O–H groups in total. The van der Waals surface area contributed by atoms with E-state index in [-0.39, 0.29) is 0 Å². The third-order valence-electron chi connectivity index (χ3n) is 3.26. The number of imidazole rings is 1. The van der Waals surface area contributed by atoms with E-state index in [4.69, 9.17) is 16.6 Å². The number of nitrogens with zero attached hydrogens (tertiary/aromatic N) is 4. The zero-order valence-electron chi connectivity index (χ0n) is 11.3. The van der Waals surface area contributed by atoms with Gasteiger partial charge in [0.15, 0.2) is 0 Å². The lowest BCUT2D eigenvalue weighted by Crippen LogP contribution is -2.05. The van der Waals surface area contributed by atoms with Crippen LogP contribution in [0.1, 0.15) is 24.7 Å². The third kappa shape index (κ3) is 2.39. The van der Waals surface area contributed by atoms with Crippen LogP contribution in [0.2, 0.25) is 5.15 Å². The first-order valence-electron chi connectivity index (χ1n) is 6.68. The van der Waals surface area contributed by atoms with E-state index >= 15 is 0 Å². The van der Waals surface area contributed by atoms with Crippen LogP contribution in [0.3, 0.4) is 0 Å². The lowest BCUT2D eigenvalue weighted by Gasteiger charge is -2.08. The maximum atomic E-state index is 6.11. The summed E-state index contributed by atoms with van der Waals surface area (Å²) in [5, 5.41) is 0.495. The van der Waals surface area contributed by atoms with Crippen molar-refractivity contribution >= 4 is 22.6 Å². The lowest BCUT2D eigenvalue weighted by molar-refractivity contribution is 0.663. The Morgan fingerprint density at radius 2 is 2.10 bits per heavy atom. The molecular formula is C15H15ClN4. The maximum Gasteiger partial charge on any atom is 0.136 e. The Balaban J connectivity index is 2.06. The Morgan fingerprint density at radius 3 is 2.90 bits per heavy atom. The number of aryl methyl sites for hydroxylation is 1. The van der Waals surface area contributed by atoms with E-state index in [1.807, 2.05) is 18.2 Å². The molecule has 0 saturated heterocycles. The predicted octanol–water partition coefficient (Wildman–Crippen LogP) is 3.48. The van der Waals surface area contributed by atoms with Crippen molar-refractivity contribution in [3.8, 4) is 0 Å². The van der Waals surface area contributed by atoms with Gasteiger partial charge < -0.3 is 4.57 Å². The second kappa shape index (κ2) is 5.59. The highest BCUT2D eigenvalue weighted by Gasteiger charge is 2.12. The molecule has 4 nitrogen and oxygen atoms in total. The summed E-state index contributed by atoms with van der Waals surface area (Å²) >= 11 is 6.11. The number of hydrogen-bond donors (Lipinski definition) is 0. The Bertz CT molecular complexity index is 736. The van der Waals surface area contributed by atoms with Gasteiger partial charge in [-0.3, -0.25) is 0 Å². The molecule has 1 aromatic carbocycles. The van der Waals surface area contributed by atoms with Crippen LogP contribution in [0.5, 0.6) is 0 Å². The van der Waals surface area contributed by atoms with Crippen molar-refractivity contribution in [2.24, 2.45) is 0 Å². The second-order valence-electron chi connectivity index (χ2n) is 4.68. The fourth-order valence-electron chi connectivity index (χ4n) is 2.37. The number of fused-ring (bicyclic) bond motifs is 1. The summed E-state index contributed by atoms with van der Waals surface area (Å²) in [6.07, 6.45) is 4.92. The van der Waals surface area contributed by atoms with Crippen LogP contribution < -0.4 is 0 Å². The number of benzene rings is 1. The molecule has 0 saturated carbocycles. The molecule has 0 radical (unpaired) electrons. The van der Waals surface area contributed by atoms with Crippen LogP contribution in [0.15, 0.2) is 36.8 Å². The number of hydrogen-bond acceptors (Lipinski definition) is 3. The van der Waals surface area contributed by atoms with Gasteiger partial charge in [0.25, 0.3) is 0 Å². The Hall–Kier alpha value is -1.94. The van der Waals surface area contributed by atoms with Crippen LogP contribution in [0.25, 0.3) is 11.0 Å². The lowest BCUT2D eigenvalue weighted by atomic mass is 10.2. The molecule has 0 aliphatic carbocycles. The summed E-state index contributed by atoms with van der Waals surface area (Å²) in [7, 11) is 0. The fourth-order valence-corrected chi connectivity index (χ4v) is 2.53. The van der Waals surface area contributed by atoms with Gasteiger partial charge >= 0.3 is 0 Å². The minimum Gasteiger partial charge on any atom is -0.328 e. The average molecular weight is 287 g/mol. The molecule has 0 aliphatic rings. The van der Waals surface area contributed by atoms with Crippen LogP contribution in [0.4, 0.5) is 0 Å². The monoisotopic (exact) mass is 286 g/mol. The molecule has 0 bridgehead atoms. The molecule has 3 aromatic rings. The van der Waals surface area contributed by atoms with Gasteiger partial charge in [0.05, 0.1) is 11.0 Å². The van der Waals surface area contributed by atoms with Gasteiger partial charge in [-0.1, -0.05) is 30.7 Å². The fraction of sp³-hybridized carbons (Fsp3) is 0.267. The highest BCUT2D eigenvalue weighted by atomic mass is 35.5. The van der Waals surface area contributed by atoms with Crippen molar-refractivity contribution in [2.45, 2.75) is 26.3 Å². The molecule has 2 heterocycles. The van der Waals surface area contributed by atoms with Crippen molar-refractivity contribution in [1.29, 1.82) is 0 Å². The minimum atomic E-state index is 0.495. The van der Waals surface area contributed by atoms with Crippen molar-refractivity contribution in [3.05, 3.63) is 53.3 Å². The molecule has 2 aromatic heterocycles. The van der Waals surface area contributed by atoms with Gasteiger partial charge in [0.1, 0.15) is 17.3 Å².